The van der Waals surface area contributed by atoms with E-state index < -0.39 is 66.9 Å². The van der Waals surface area contributed by atoms with Crippen LogP contribution >= 0.6 is 0 Å². The summed E-state index contributed by atoms with van der Waals surface area (Å²) >= 11 is 0. The fraction of sp³-hybridized carbons (Fsp3) is 0.550. The van der Waals surface area contributed by atoms with E-state index in [-0.39, 0.29) is 38.2 Å². The maximum atomic E-state index is 13.0. The van der Waals surface area contributed by atoms with Crippen molar-refractivity contribution in [2.45, 2.75) is 56.3 Å². The normalized spacial score (nSPS) is 13.9. The topological polar surface area (TPSA) is 301 Å². The molecule has 0 aliphatic carbocycles. The van der Waals surface area contributed by atoms with E-state index in [9.17, 15) is 29.1 Å². The summed E-state index contributed by atoms with van der Waals surface area (Å²) in [5.41, 5.74) is 17.0. The van der Waals surface area contributed by atoms with Crippen molar-refractivity contribution in [1.82, 2.24) is 25.9 Å². The Labute approximate surface area is 211 Å². The molecule has 13 N–H and O–H groups in total. The van der Waals surface area contributed by atoms with E-state index in [4.69, 9.17) is 27.4 Å². The van der Waals surface area contributed by atoms with Crippen LogP contribution in [0.1, 0.15) is 31.4 Å². The number of aliphatic imine (C=N–C) groups is 1. The summed E-state index contributed by atoms with van der Waals surface area (Å²) < 4.78 is 0. The number of aliphatic hydroxyl groups is 1. The Balaban J connectivity index is 2.99. The summed E-state index contributed by atoms with van der Waals surface area (Å²) in [4.78, 5) is 70.9. The number of aliphatic carboxylic acids is 2. The predicted octanol–water partition coefficient (Wildman–Crippen LogP) is -4.27. The molecule has 1 aromatic rings. The van der Waals surface area contributed by atoms with Gasteiger partial charge in [0, 0.05) is 31.3 Å². The first-order valence-electron chi connectivity index (χ1n) is 11.2. The Morgan fingerprint density at radius 2 is 1.57 bits per heavy atom. The molecule has 0 aromatic carbocycles. The lowest BCUT2D eigenvalue weighted by molar-refractivity contribution is -0.143. The fourth-order valence-electron chi connectivity index (χ4n) is 3.04. The van der Waals surface area contributed by atoms with E-state index in [1.54, 1.807) is 0 Å². The minimum atomic E-state index is -1.63. The molecule has 4 unspecified atom stereocenters. The number of amides is 3. The van der Waals surface area contributed by atoms with Gasteiger partial charge in [-0.05, 0) is 19.3 Å². The lowest BCUT2D eigenvalue weighted by Crippen LogP contribution is -2.57. The first-order chi connectivity index (χ1) is 17.4. The van der Waals surface area contributed by atoms with E-state index in [1.807, 2.05) is 0 Å². The van der Waals surface area contributed by atoms with Gasteiger partial charge in [0.15, 0.2) is 5.96 Å². The molecule has 0 saturated heterocycles. The average molecular weight is 528 g/mol. The van der Waals surface area contributed by atoms with Crippen LogP contribution in [-0.2, 0) is 30.4 Å². The number of nitrogens with two attached hydrogens (primary N) is 3. The van der Waals surface area contributed by atoms with Crippen molar-refractivity contribution in [3.63, 3.8) is 0 Å². The number of nitrogens with zero attached hydrogens (tertiary/aromatic N) is 2. The SMILES string of the molecule is NC(N)=NCCCC(NC(=O)C(CCC(=O)O)NC(=O)C(N)Cc1cnc[nH]1)C(=O)NC(CO)C(=O)O. The zero-order chi connectivity index (χ0) is 28.0. The van der Waals surface area contributed by atoms with Crippen molar-refractivity contribution in [1.29, 1.82) is 0 Å². The molecule has 0 aliphatic heterocycles. The van der Waals surface area contributed by atoms with Gasteiger partial charge in [-0.2, -0.15) is 0 Å². The number of guanidine groups is 1. The zero-order valence-corrected chi connectivity index (χ0v) is 19.9. The predicted molar refractivity (Wildman–Crippen MR) is 128 cm³/mol. The van der Waals surface area contributed by atoms with Crippen LogP contribution in [0.4, 0.5) is 0 Å². The fourth-order valence-corrected chi connectivity index (χ4v) is 3.04. The van der Waals surface area contributed by atoms with Gasteiger partial charge in [-0.25, -0.2) is 9.78 Å². The van der Waals surface area contributed by atoms with Crippen LogP contribution in [0.15, 0.2) is 17.5 Å². The molecule has 0 aliphatic rings. The van der Waals surface area contributed by atoms with Gasteiger partial charge in [0.1, 0.15) is 18.1 Å². The van der Waals surface area contributed by atoms with Crippen LogP contribution in [0.2, 0.25) is 0 Å². The van der Waals surface area contributed by atoms with Gasteiger partial charge < -0.3 is 53.5 Å². The largest absolute Gasteiger partial charge is 0.481 e. The van der Waals surface area contributed by atoms with Crippen molar-refractivity contribution >= 4 is 35.6 Å². The van der Waals surface area contributed by atoms with Crippen LogP contribution in [0.5, 0.6) is 0 Å². The van der Waals surface area contributed by atoms with Crippen molar-refractivity contribution in [2.24, 2.45) is 22.2 Å². The van der Waals surface area contributed by atoms with Crippen LogP contribution < -0.4 is 33.2 Å². The number of H-pyrrole nitrogens is 1. The molecule has 0 radical (unpaired) electrons. The maximum absolute atomic E-state index is 13.0. The number of carboxylic acids is 2. The van der Waals surface area contributed by atoms with Crippen LogP contribution in [-0.4, -0.2) is 98.2 Å². The number of carbonyl (C=O) groups excluding carboxylic acids is 3. The number of nitrogens with one attached hydrogen (secondary N) is 4. The summed E-state index contributed by atoms with van der Waals surface area (Å²) in [6.45, 7) is -0.812. The zero-order valence-electron chi connectivity index (χ0n) is 19.9. The molecule has 37 heavy (non-hydrogen) atoms. The number of aromatic amines is 1. The number of rotatable bonds is 17. The molecule has 3 amide bonds. The van der Waals surface area contributed by atoms with Crippen molar-refractivity contribution in [2.75, 3.05) is 13.2 Å². The molecule has 17 heteroatoms. The molecule has 0 saturated carbocycles. The highest BCUT2D eigenvalue weighted by Gasteiger charge is 2.30. The van der Waals surface area contributed by atoms with E-state index >= 15 is 0 Å². The molecule has 4 atom stereocenters. The Bertz CT molecular complexity index is 950. The first-order valence-corrected chi connectivity index (χ1v) is 11.2. The van der Waals surface area contributed by atoms with Gasteiger partial charge in [0.05, 0.1) is 19.0 Å². The summed E-state index contributed by atoms with van der Waals surface area (Å²) in [5.74, 6) is -5.51. The highest BCUT2D eigenvalue weighted by molar-refractivity contribution is 5.94. The van der Waals surface area contributed by atoms with E-state index in [0.717, 1.165) is 0 Å². The summed E-state index contributed by atoms with van der Waals surface area (Å²) in [5, 5.41) is 34.2. The quantitative estimate of drug-likeness (QED) is 0.0523. The number of carboxylic acid groups (broad SMARTS) is 2. The summed E-state index contributed by atoms with van der Waals surface area (Å²) in [7, 11) is 0. The molecule has 206 valence electrons. The third-order valence-electron chi connectivity index (χ3n) is 4.99. The summed E-state index contributed by atoms with van der Waals surface area (Å²) in [6.07, 6.45) is 2.25. The molecule has 0 fully saturated rings. The third kappa shape index (κ3) is 11.8. The van der Waals surface area contributed by atoms with E-state index in [0.29, 0.717) is 5.69 Å². The number of hydrogen-bond acceptors (Lipinski definition) is 9. The maximum Gasteiger partial charge on any atom is 0.328 e. The summed E-state index contributed by atoms with van der Waals surface area (Å²) in [6, 6.07) is -5.43. The molecular formula is C20H33N9O8. The van der Waals surface area contributed by atoms with Gasteiger partial charge >= 0.3 is 11.9 Å². The smallest absolute Gasteiger partial charge is 0.328 e. The highest BCUT2D eigenvalue weighted by Crippen LogP contribution is 2.05. The van der Waals surface area contributed by atoms with Crippen LogP contribution in [0, 0.1) is 0 Å². The van der Waals surface area contributed by atoms with Gasteiger partial charge in [-0.15, -0.1) is 0 Å². The third-order valence-corrected chi connectivity index (χ3v) is 4.99. The van der Waals surface area contributed by atoms with Crippen LogP contribution in [0.3, 0.4) is 0 Å². The van der Waals surface area contributed by atoms with Gasteiger partial charge in [-0.3, -0.25) is 24.2 Å². The number of aromatic nitrogens is 2. The molecule has 0 spiro atoms. The second-order valence-electron chi connectivity index (χ2n) is 7.97. The Morgan fingerprint density at radius 1 is 0.973 bits per heavy atom. The lowest BCUT2D eigenvalue weighted by Gasteiger charge is -2.24. The standard InChI is InChI=1S/C20H33N9O8/c21-11(6-10-7-24-9-26-10)16(33)27-13(3-4-15(31)32)18(35)28-12(2-1-5-25-20(22)23)17(34)29-14(8-30)19(36)37/h7,9,11-14,30H,1-6,8,21H2,(H,24,26)(H,27,33)(H,28,35)(H,29,34)(H,31,32)(H,36,37)(H4,22,23,25). The number of aliphatic hydroxyl groups excluding tert-OH is 1. The second kappa shape index (κ2) is 15.7. The Hall–Kier alpha value is -4.25. The van der Waals surface area contributed by atoms with Gasteiger partial charge in [-0.1, -0.05) is 0 Å². The lowest BCUT2D eigenvalue weighted by atomic mass is 10.1. The van der Waals surface area contributed by atoms with Crippen molar-refractivity contribution < 1.29 is 39.3 Å². The second-order valence-corrected chi connectivity index (χ2v) is 7.97. The van der Waals surface area contributed by atoms with Gasteiger partial charge in [0.2, 0.25) is 17.7 Å². The average Bonchev–Trinajstić information content (AvgIpc) is 3.33. The van der Waals surface area contributed by atoms with Crippen molar-refractivity contribution in [3.05, 3.63) is 18.2 Å². The first kappa shape index (κ1) is 30.8. The molecule has 1 heterocycles. The minimum absolute atomic E-state index is 0.0505. The minimum Gasteiger partial charge on any atom is -0.481 e. The molecule has 1 rings (SSSR count). The van der Waals surface area contributed by atoms with Crippen molar-refractivity contribution in [3.8, 4) is 0 Å². The van der Waals surface area contributed by atoms with E-state index in [1.165, 1.54) is 12.5 Å². The Morgan fingerprint density at radius 3 is 2.08 bits per heavy atom. The molecule has 17 nitrogen and oxygen atoms in total. The van der Waals surface area contributed by atoms with E-state index in [2.05, 4.69) is 30.9 Å². The molecule has 0 bridgehead atoms. The molecular weight excluding hydrogens is 494 g/mol. The number of carbonyl (C=O) groups is 5. The molecule has 1 aromatic heterocycles. The monoisotopic (exact) mass is 527 g/mol. The number of hydrogen-bond donors (Lipinski definition) is 10. The highest BCUT2D eigenvalue weighted by atomic mass is 16.4. The van der Waals surface area contributed by atoms with Crippen LogP contribution in [0.25, 0.3) is 0 Å². The Kier molecular flexibility index (Phi) is 13.0. The van der Waals surface area contributed by atoms with Gasteiger partial charge in [0.25, 0.3) is 0 Å². The number of imidazole rings is 1.